The summed E-state index contributed by atoms with van der Waals surface area (Å²) in [4.78, 5) is 30.3. The van der Waals surface area contributed by atoms with Crippen molar-refractivity contribution in [3.8, 4) is 0 Å². The molecule has 1 aromatic heterocycles. The SMILES string of the molecule is O=C(NC1CCC(C(=O)O)CC1)c1cnccn1. The Morgan fingerprint density at radius 1 is 1.22 bits per heavy atom. The van der Waals surface area contributed by atoms with Gasteiger partial charge in [0.2, 0.25) is 0 Å². The molecule has 1 amide bonds. The van der Waals surface area contributed by atoms with Gasteiger partial charge in [0.15, 0.2) is 0 Å². The smallest absolute Gasteiger partial charge is 0.306 e. The third-order valence-electron chi connectivity index (χ3n) is 3.21. The number of nitrogens with one attached hydrogen (secondary N) is 1. The molecule has 0 aromatic carbocycles. The van der Waals surface area contributed by atoms with Crippen molar-refractivity contribution in [2.45, 2.75) is 31.7 Å². The highest BCUT2D eigenvalue weighted by atomic mass is 16.4. The van der Waals surface area contributed by atoms with Gasteiger partial charge in [0, 0.05) is 18.4 Å². The Morgan fingerprint density at radius 2 is 1.94 bits per heavy atom. The molecule has 0 atom stereocenters. The van der Waals surface area contributed by atoms with E-state index in [9.17, 15) is 9.59 Å². The normalized spacial score (nSPS) is 23.3. The van der Waals surface area contributed by atoms with Crippen LogP contribution in [0.5, 0.6) is 0 Å². The topological polar surface area (TPSA) is 92.2 Å². The van der Waals surface area contributed by atoms with Crippen molar-refractivity contribution in [2.75, 3.05) is 0 Å². The number of aromatic nitrogens is 2. The summed E-state index contributed by atoms with van der Waals surface area (Å²) in [6.07, 6.45) is 7.01. The van der Waals surface area contributed by atoms with E-state index in [1.54, 1.807) is 0 Å². The van der Waals surface area contributed by atoms with Gasteiger partial charge in [-0.25, -0.2) is 4.98 Å². The maximum Gasteiger partial charge on any atom is 0.306 e. The van der Waals surface area contributed by atoms with Crippen molar-refractivity contribution in [3.05, 3.63) is 24.3 Å². The van der Waals surface area contributed by atoms with Crippen molar-refractivity contribution >= 4 is 11.9 Å². The molecule has 0 unspecified atom stereocenters. The zero-order valence-corrected chi connectivity index (χ0v) is 9.87. The van der Waals surface area contributed by atoms with Gasteiger partial charge in [0.05, 0.1) is 12.1 Å². The summed E-state index contributed by atoms with van der Waals surface area (Å²) in [5.74, 6) is -1.26. The van der Waals surface area contributed by atoms with Gasteiger partial charge in [-0.05, 0) is 25.7 Å². The monoisotopic (exact) mass is 249 g/mol. The molecule has 6 nitrogen and oxygen atoms in total. The molecule has 1 heterocycles. The van der Waals surface area contributed by atoms with Crippen LogP contribution < -0.4 is 5.32 Å². The zero-order valence-electron chi connectivity index (χ0n) is 9.87. The van der Waals surface area contributed by atoms with Crippen LogP contribution in [0.2, 0.25) is 0 Å². The number of hydrogen-bond donors (Lipinski definition) is 2. The van der Waals surface area contributed by atoms with Gasteiger partial charge in [-0.15, -0.1) is 0 Å². The van der Waals surface area contributed by atoms with Gasteiger partial charge >= 0.3 is 5.97 Å². The van der Waals surface area contributed by atoms with Crippen LogP contribution >= 0.6 is 0 Å². The molecule has 1 aliphatic carbocycles. The average Bonchev–Trinajstić information content (AvgIpc) is 2.40. The maximum absolute atomic E-state index is 11.8. The molecule has 96 valence electrons. The standard InChI is InChI=1S/C12H15N3O3/c16-11(10-7-13-5-6-14-10)15-9-3-1-8(2-4-9)12(17)18/h5-9H,1-4H2,(H,15,16)(H,17,18). The number of carboxylic acids is 1. The third-order valence-corrected chi connectivity index (χ3v) is 3.21. The van der Waals surface area contributed by atoms with Gasteiger partial charge in [-0.2, -0.15) is 0 Å². The molecule has 2 N–H and O–H groups in total. The summed E-state index contributed by atoms with van der Waals surface area (Å²) in [5.41, 5.74) is 0.290. The fourth-order valence-electron chi connectivity index (χ4n) is 2.16. The predicted octanol–water partition coefficient (Wildman–Crippen LogP) is 0.850. The van der Waals surface area contributed by atoms with E-state index in [0.717, 1.165) is 0 Å². The van der Waals surface area contributed by atoms with Crippen molar-refractivity contribution in [1.82, 2.24) is 15.3 Å². The Morgan fingerprint density at radius 3 is 2.50 bits per heavy atom. The van der Waals surface area contributed by atoms with E-state index in [-0.39, 0.29) is 23.6 Å². The Labute approximate surface area is 104 Å². The fourth-order valence-corrected chi connectivity index (χ4v) is 2.16. The zero-order chi connectivity index (χ0) is 13.0. The number of nitrogens with zero attached hydrogens (tertiary/aromatic N) is 2. The van der Waals surface area contributed by atoms with Gasteiger partial charge in [0.1, 0.15) is 5.69 Å². The average molecular weight is 249 g/mol. The lowest BCUT2D eigenvalue weighted by Crippen LogP contribution is -2.39. The highest BCUT2D eigenvalue weighted by molar-refractivity contribution is 5.92. The van der Waals surface area contributed by atoms with Gasteiger partial charge < -0.3 is 10.4 Å². The van der Waals surface area contributed by atoms with Crippen molar-refractivity contribution in [2.24, 2.45) is 5.92 Å². The van der Waals surface area contributed by atoms with Crippen LogP contribution in [0.4, 0.5) is 0 Å². The minimum atomic E-state index is -0.742. The first-order valence-electron chi connectivity index (χ1n) is 5.96. The van der Waals surface area contributed by atoms with Gasteiger partial charge in [0.25, 0.3) is 5.91 Å². The predicted molar refractivity (Wildman–Crippen MR) is 62.9 cm³/mol. The Bertz CT molecular complexity index is 427. The molecule has 1 saturated carbocycles. The van der Waals surface area contributed by atoms with Crippen LogP contribution in [-0.4, -0.2) is 33.0 Å². The summed E-state index contributed by atoms with van der Waals surface area (Å²) in [5, 5.41) is 11.7. The summed E-state index contributed by atoms with van der Waals surface area (Å²) >= 11 is 0. The Balaban J connectivity index is 1.85. The largest absolute Gasteiger partial charge is 0.481 e. The van der Waals surface area contributed by atoms with Crippen molar-refractivity contribution < 1.29 is 14.7 Å². The van der Waals surface area contributed by atoms with Crippen LogP contribution in [0.3, 0.4) is 0 Å². The first-order valence-corrected chi connectivity index (χ1v) is 5.96. The van der Waals surface area contributed by atoms with E-state index in [1.165, 1.54) is 18.6 Å². The van der Waals surface area contributed by atoms with E-state index in [1.807, 2.05) is 0 Å². The second kappa shape index (κ2) is 5.57. The maximum atomic E-state index is 11.8. The summed E-state index contributed by atoms with van der Waals surface area (Å²) < 4.78 is 0. The number of carbonyl (C=O) groups is 2. The van der Waals surface area contributed by atoms with Crippen LogP contribution in [0.25, 0.3) is 0 Å². The second-order valence-electron chi connectivity index (χ2n) is 4.45. The molecule has 0 bridgehead atoms. The van der Waals surface area contributed by atoms with Crippen molar-refractivity contribution in [1.29, 1.82) is 0 Å². The lowest BCUT2D eigenvalue weighted by Gasteiger charge is -2.26. The highest BCUT2D eigenvalue weighted by Gasteiger charge is 2.26. The van der Waals surface area contributed by atoms with Crippen molar-refractivity contribution in [3.63, 3.8) is 0 Å². The Kier molecular flexibility index (Phi) is 3.86. The molecule has 1 aliphatic rings. The van der Waals surface area contributed by atoms with Crippen LogP contribution in [0.1, 0.15) is 36.2 Å². The first kappa shape index (κ1) is 12.5. The summed E-state index contributed by atoms with van der Waals surface area (Å²) in [7, 11) is 0. The molecule has 1 aromatic rings. The number of amides is 1. The highest BCUT2D eigenvalue weighted by Crippen LogP contribution is 2.24. The first-order chi connectivity index (χ1) is 8.66. The molecule has 0 aliphatic heterocycles. The lowest BCUT2D eigenvalue weighted by atomic mass is 9.86. The molecule has 0 spiro atoms. The van der Waals surface area contributed by atoms with Gasteiger partial charge in [-0.1, -0.05) is 0 Å². The fraction of sp³-hybridized carbons (Fsp3) is 0.500. The molecular weight excluding hydrogens is 234 g/mol. The lowest BCUT2D eigenvalue weighted by molar-refractivity contribution is -0.142. The van der Waals surface area contributed by atoms with E-state index in [0.29, 0.717) is 25.7 Å². The van der Waals surface area contributed by atoms with E-state index in [4.69, 9.17) is 5.11 Å². The van der Waals surface area contributed by atoms with E-state index >= 15 is 0 Å². The van der Waals surface area contributed by atoms with Crippen LogP contribution in [0, 0.1) is 5.92 Å². The number of carboxylic acid groups (broad SMARTS) is 1. The number of hydrogen-bond acceptors (Lipinski definition) is 4. The molecule has 0 saturated heterocycles. The minimum Gasteiger partial charge on any atom is -0.481 e. The van der Waals surface area contributed by atoms with E-state index < -0.39 is 5.97 Å². The summed E-state index contributed by atoms with van der Waals surface area (Å²) in [6.45, 7) is 0. The summed E-state index contributed by atoms with van der Waals surface area (Å²) in [6, 6.07) is 0.0371. The number of carbonyl (C=O) groups excluding carboxylic acids is 1. The molecule has 18 heavy (non-hydrogen) atoms. The molecule has 0 radical (unpaired) electrons. The Hall–Kier alpha value is -1.98. The molecule has 6 heteroatoms. The molecule has 2 rings (SSSR count). The molecule has 1 fully saturated rings. The van der Waals surface area contributed by atoms with Gasteiger partial charge in [-0.3, -0.25) is 14.6 Å². The minimum absolute atomic E-state index is 0.0371. The number of aliphatic carboxylic acids is 1. The quantitative estimate of drug-likeness (QED) is 0.828. The van der Waals surface area contributed by atoms with Crippen LogP contribution in [-0.2, 0) is 4.79 Å². The van der Waals surface area contributed by atoms with E-state index in [2.05, 4.69) is 15.3 Å². The molecular formula is C12H15N3O3. The third kappa shape index (κ3) is 3.03. The number of rotatable bonds is 3. The van der Waals surface area contributed by atoms with Crippen LogP contribution in [0.15, 0.2) is 18.6 Å². The second-order valence-corrected chi connectivity index (χ2v) is 4.45.